The van der Waals surface area contributed by atoms with Gasteiger partial charge in [0.15, 0.2) is 16.6 Å². The summed E-state index contributed by atoms with van der Waals surface area (Å²) in [5.41, 5.74) is 2.18. The third kappa shape index (κ3) is 4.83. The highest BCUT2D eigenvalue weighted by atomic mass is 32.1. The van der Waals surface area contributed by atoms with Crippen LogP contribution in [0.1, 0.15) is 18.9 Å². The number of amides is 1. The smallest absolute Gasteiger partial charge is 0.273 e. The van der Waals surface area contributed by atoms with Gasteiger partial charge in [-0.05, 0) is 36.6 Å². The highest BCUT2D eigenvalue weighted by Crippen LogP contribution is 2.34. The zero-order valence-corrected chi connectivity index (χ0v) is 19.7. The van der Waals surface area contributed by atoms with Crippen molar-refractivity contribution in [2.45, 2.75) is 25.9 Å². The van der Waals surface area contributed by atoms with E-state index in [0.29, 0.717) is 18.0 Å². The van der Waals surface area contributed by atoms with Gasteiger partial charge in [-0.1, -0.05) is 42.5 Å². The molecule has 1 aromatic heterocycles. The molecule has 0 saturated carbocycles. The summed E-state index contributed by atoms with van der Waals surface area (Å²) < 4.78 is 18.4. The Morgan fingerprint density at radius 1 is 1.15 bits per heavy atom. The van der Waals surface area contributed by atoms with Crippen molar-refractivity contribution in [2.75, 3.05) is 50.9 Å². The van der Waals surface area contributed by atoms with Crippen molar-refractivity contribution in [3.63, 3.8) is 0 Å². The summed E-state index contributed by atoms with van der Waals surface area (Å²) in [6.07, 6.45) is 1.06. The van der Waals surface area contributed by atoms with E-state index in [1.165, 1.54) is 5.56 Å². The van der Waals surface area contributed by atoms with E-state index in [2.05, 4.69) is 30.0 Å². The lowest BCUT2D eigenvalue weighted by molar-refractivity contribution is -0.127. The molecular weight excluding hydrogens is 438 g/mol. The lowest BCUT2D eigenvalue weighted by atomic mass is 10.1. The predicted octanol–water partition coefficient (Wildman–Crippen LogP) is 3.75. The summed E-state index contributed by atoms with van der Waals surface area (Å²) in [5.74, 6) is 1.17. The molecule has 0 bridgehead atoms. The van der Waals surface area contributed by atoms with Gasteiger partial charge in [0.25, 0.3) is 5.91 Å². The molecular formula is C25H29N3O4S. The second-order valence-corrected chi connectivity index (χ2v) is 9.28. The number of hydrogen-bond donors (Lipinski definition) is 0. The zero-order chi connectivity index (χ0) is 22.6. The van der Waals surface area contributed by atoms with Crippen molar-refractivity contribution >= 4 is 32.6 Å². The van der Waals surface area contributed by atoms with Crippen molar-refractivity contribution in [1.29, 1.82) is 0 Å². The van der Waals surface area contributed by atoms with Crippen LogP contribution in [0.2, 0.25) is 0 Å². The second-order valence-electron chi connectivity index (χ2n) is 8.28. The molecule has 1 saturated heterocycles. The average molecular weight is 468 g/mol. The van der Waals surface area contributed by atoms with Crippen LogP contribution >= 0.6 is 11.3 Å². The molecule has 1 fully saturated rings. The van der Waals surface area contributed by atoms with Gasteiger partial charge in [-0.3, -0.25) is 14.6 Å². The van der Waals surface area contributed by atoms with Crippen molar-refractivity contribution < 1.29 is 19.0 Å². The normalized spacial score (nSPS) is 18.4. The first-order valence-corrected chi connectivity index (χ1v) is 12.4. The SMILES string of the molecule is CCc1cccc2sc(N(CCCN3CCOCC3)C(=O)C3COc4ccccc4O3)nc12. The van der Waals surface area contributed by atoms with Gasteiger partial charge in [0, 0.05) is 26.2 Å². The molecule has 8 heteroatoms. The number of nitrogens with zero attached hydrogens (tertiary/aromatic N) is 3. The number of para-hydroxylation sites is 3. The van der Waals surface area contributed by atoms with E-state index in [9.17, 15) is 4.79 Å². The Kier molecular flexibility index (Phi) is 6.75. The number of morpholine rings is 1. The van der Waals surface area contributed by atoms with E-state index >= 15 is 0 Å². The number of anilines is 1. The van der Waals surface area contributed by atoms with Gasteiger partial charge in [-0.2, -0.15) is 0 Å². The zero-order valence-electron chi connectivity index (χ0n) is 18.9. The van der Waals surface area contributed by atoms with Gasteiger partial charge >= 0.3 is 0 Å². The molecule has 5 rings (SSSR count). The minimum Gasteiger partial charge on any atom is -0.485 e. The Balaban J connectivity index is 1.38. The number of hydrogen-bond acceptors (Lipinski definition) is 7. The van der Waals surface area contributed by atoms with E-state index in [-0.39, 0.29) is 12.5 Å². The number of fused-ring (bicyclic) bond motifs is 2. The summed E-state index contributed by atoms with van der Waals surface area (Å²) >= 11 is 1.56. The molecule has 174 valence electrons. The van der Waals surface area contributed by atoms with E-state index in [4.69, 9.17) is 19.2 Å². The quantitative estimate of drug-likeness (QED) is 0.527. The maximum absolute atomic E-state index is 13.7. The molecule has 0 radical (unpaired) electrons. The number of rotatable bonds is 7. The van der Waals surface area contributed by atoms with Gasteiger partial charge in [0.05, 0.1) is 23.4 Å². The number of aromatic nitrogens is 1. The number of carbonyl (C=O) groups is 1. The molecule has 1 atom stereocenters. The summed E-state index contributed by atoms with van der Waals surface area (Å²) in [5, 5.41) is 0.723. The van der Waals surface area contributed by atoms with Gasteiger partial charge in [0.1, 0.15) is 6.61 Å². The Morgan fingerprint density at radius 2 is 1.97 bits per heavy atom. The lowest BCUT2D eigenvalue weighted by Crippen LogP contribution is -2.47. The topological polar surface area (TPSA) is 64.1 Å². The standard InChI is InChI=1S/C25H29N3O4S/c1-2-18-7-5-10-22-23(18)26-25(33-22)28(12-6-11-27-13-15-30-16-14-27)24(29)21-17-31-19-8-3-4-9-20(19)32-21/h3-5,7-10,21H,2,6,11-17H2,1H3. The maximum Gasteiger partial charge on any atom is 0.273 e. The Bertz CT molecular complexity index is 1110. The Hall–Kier alpha value is -2.68. The Morgan fingerprint density at radius 3 is 2.79 bits per heavy atom. The lowest BCUT2D eigenvalue weighted by Gasteiger charge is -2.31. The molecule has 0 aliphatic carbocycles. The molecule has 0 spiro atoms. The van der Waals surface area contributed by atoms with E-state index in [1.54, 1.807) is 16.2 Å². The van der Waals surface area contributed by atoms with Crippen molar-refractivity contribution in [1.82, 2.24) is 9.88 Å². The highest BCUT2D eigenvalue weighted by Gasteiger charge is 2.33. The summed E-state index contributed by atoms with van der Waals surface area (Å²) in [6.45, 7) is 7.24. The predicted molar refractivity (Wildman–Crippen MR) is 130 cm³/mol. The first-order chi connectivity index (χ1) is 16.2. The molecule has 33 heavy (non-hydrogen) atoms. The number of aryl methyl sites for hydroxylation is 1. The van der Waals surface area contributed by atoms with E-state index < -0.39 is 6.10 Å². The monoisotopic (exact) mass is 467 g/mol. The van der Waals surface area contributed by atoms with Gasteiger partial charge in [-0.25, -0.2) is 4.98 Å². The van der Waals surface area contributed by atoms with Crippen LogP contribution in [0.4, 0.5) is 5.13 Å². The maximum atomic E-state index is 13.7. The van der Waals surface area contributed by atoms with Crippen LogP contribution < -0.4 is 14.4 Å². The molecule has 3 heterocycles. The van der Waals surface area contributed by atoms with Crippen LogP contribution in [0, 0.1) is 0 Å². The summed E-state index contributed by atoms with van der Waals surface area (Å²) in [4.78, 5) is 22.8. The van der Waals surface area contributed by atoms with E-state index in [0.717, 1.165) is 61.0 Å². The molecule has 2 aromatic carbocycles. The first-order valence-electron chi connectivity index (χ1n) is 11.6. The van der Waals surface area contributed by atoms with E-state index in [1.807, 2.05) is 24.3 Å². The van der Waals surface area contributed by atoms with Gasteiger partial charge in [-0.15, -0.1) is 0 Å². The number of ether oxygens (including phenoxy) is 3. The summed E-state index contributed by atoms with van der Waals surface area (Å²) in [7, 11) is 0. The fourth-order valence-electron chi connectivity index (χ4n) is 4.29. The molecule has 2 aliphatic heterocycles. The van der Waals surface area contributed by atoms with Crippen molar-refractivity contribution in [3.05, 3.63) is 48.0 Å². The van der Waals surface area contributed by atoms with Crippen LogP contribution in [0.5, 0.6) is 11.5 Å². The molecule has 7 nitrogen and oxygen atoms in total. The largest absolute Gasteiger partial charge is 0.485 e. The molecule has 2 aliphatic rings. The third-order valence-electron chi connectivity index (χ3n) is 6.11. The minimum absolute atomic E-state index is 0.108. The minimum atomic E-state index is -0.694. The molecule has 1 amide bonds. The Labute approximate surface area is 197 Å². The van der Waals surface area contributed by atoms with Crippen LogP contribution in [0.25, 0.3) is 10.2 Å². The van der Waals surface area contributed by atoms with Crippen LogP contribution in [0.15, 0.2) is 42.5 Å². The molecule has 3 aromatic rings. The molecule has 1 unspecified atom stereocenters. The second kappa shape index (κ2) is 10.1. The number of thiazole rings is 1. The molecule has 0 N–H and O–H groups in total. The van der Waals surface area contributed by atoms with Crippen molar-refractivity contribution in [3.8, 4) is 11.5 Å². The highest BCUT2D eigenvalue weighted by molar-refractivity contribution is 7.22. The van der Waals surface area contributed by atoms with Crippen LogP contribution in [0.3, 0.4) is 0 Å². The summed E-state index contributed by atoms with van der Waals surface area (Å²) in [6, 6.07) is 13.7. The van der Waals surface area contributed by atoms with Gasteiger partial charge < -0.3 is 14.2 Å². The van der Waals surface area contributed by atoms with Crippen LogP contribution in [-0.2, 0) is 16.0 Å². The number of carbonyl (C=O) groups excluding carboxylic acids is 1. The van der Waals surface area contributed by atoms with Crippen LogP contribution in [-0.4, -0.2) is 67.9 Å². The fourth-order valence-corrected chi connectivity index (χ4v) is 5.33. The van der Waals surface area contributed by atoms with Crippen molar-refractivity contribution in [2.24, 2.45) is 0 Å². The third-order valence-corrected chi connectivity index (χ3v) is 7.16. The fraction of sp³-hybridized carbons (Fsp3) is 0.440. The van der Waals surface area contributed by atoms with Gasteiger partial charge in [0.2, 0.25) is 6.10 Å². The average Bonchev–Trinajstić information content (AvgIpc) is 3.30. The first kappa shape index (κ1) is 22.1. The number of benzene rings is 2.